The van der Waals surface area contributed by atoms with Crippen LogP contribution in [0.4, 0.5) is 4.39 Å². The summed E-state index contributed by atoms with van der Waals surface area (Å²) in [6, 6.07) is 11.3. The summed E-state index contributed by atoms with van der Waals surface area (Å²) in [6.45, 7) is 2.53. The van der Waals surface area contributed by atoms with E-state index in [1.807, 2.05) is 12.1 Å². The van der Waals surface area contributed by atoms with Crippen molar-refractivity contribution in [3.05, 3.63) is 65.0 Å². The maximum atomic E-state index is 13.3. The van der Waals surface area contributed by atoms with Crippen molar-refractivity contribution in [2.75, 3.05) is 32.8 Å². The van der Waals surface area contributed by atoms with E-state index < -0.39 is 5.82 Å². The van der Waals surface area contributed by atoms with E-state index in [1.165, 1.54) is 18.2 Å². The van der Waals surface area contributed by atoms with Gasteiger partial charge < -0.3 is 14.5 Å². The normalized spacial score (nSPS) is 16.5. The number of amides is 2. The van der Waals surface area contributed by atoms with Gasteiger partial charge in [-0.25, -0.2) is 4.39 Å². The number of halogens is 1. The highest BCUT2D eigenvalue weighted by Crippen LogP contribution is 2.26. The lowest BCUT2D eigenvalue weighted by molar-refractivity contribution is 0.0535. The van der Waals surface area contributed by atoms with Crippen LogP contribution in [-0.4, -0.2) is 54.4 Å². The van der Waals surface area contributed by atoms with Gasteiger partial charge in [0.25, 0.3) is 11.8 Å². The summed E-state index contributed by atoms with van der Waals surface area (Å²) in [5.41, 5.74) is 2.07. The molecule has 0 saturated carbocycles. The number of piperazine rings is 1. The first kappa shape index (κ1) is 17.5. The Labute approximate surface area is 157 Å². The second-order valence-corrected chi connectivity index (χ2v) is 6.87. The topological polar surface area (TPSA) is 49.9 Å². The Kier molecular flexibility index (Phi) is 4.79. The molecular weight excluding hydrogens is 347 g/mol. The quantitative estimate of drug-likeness (QED) is 0.819. The molecule has 0 radical (unpaired) electrons. The Morgan fingerprint density at radius 1 is 0.889 bits per heavy atom. The second kappa shape index (κ2) is 7.39. The highest BCUT2D eigenvalue weighted by Gasteiger charge is 2.26. The van der Waals surface area contributed by atoms with Gasteiger partial charge in [-0.1, -0.05) is 6.07 Å². The van der Waals surface area contributed by atoms with Crippen LogP contribution < -0.4 is 4.74 Å². The van der Waals surface area contributed by atoms with Crippen LogP contribution in [0.15, 0.2) is 42.5 Å². The van der Waals surface area contributed by atoms with Crippen LogP contribution in [0.1, 0.15) is 32.7 Å². The van der Waals surface area contributed by atoms with Crippen LogP contribution in [0.2, 0.25) is 0 Å². The molecule has 2 amide bonds. The summed E-state index contributed by atoms with van der Waals surface area (Å²) in [6.07, 6.45) is 1.89. The molecule has 1 saturated heterocycles. The fourth-order valence-electron chi connectivity index (χ4n) is 3.59. The maximum absolute atomic E-state index is 13.3. The largest absolute Gasteiger partial charge is 0.493 e. The van der Waals surface area contributed by atoms with Crippen LogP contribution in [-0.2, 0) is 6.42 Å². The molecule has 0 spiro atoms. The predicted octanol–water partition coefficient (Wildman–Crippen LogP) is 2.75. The highest BCUT2D eigenvalue weighted by atomic mass is 19.1. The minimum Gasteiger partial charge on any atom is -0.493 e. The average molecular weight is 368 g/mol. The molecule has 4 rings (SSSR count). The van der Waals surface area contributed by atoms with E-state index in [2.05, 4.69) is 0 Å². The van der Waals surface area contributed by atoms with E-state index in [4.69, 9.17) is 4.74 Å². The number of hydrogen-bond acceptors (Lipinski definition) is 3. The first-order chi connectivity index (χ1) is 13.1. The minimum absolute atomic E-state index is 0.0266. The molecule has 0 bridgehead atoms. The van der Waals surface area contributed by atoms with Crippen molar-refractivity contribution in [2.45, 2.75) is 12.8 Å². The first-order valence-electron chi connectivity index (χ1n) is 9.22. The lowest BCUT2D eigenvalue weighted by Gasteiger charge is -2.35. The Hall–Kier alpha value is -2.89. The molecule has 0 aromatic heterocycles. The number of carbonyl (C=O) groups excluding carboxylic acids is 2. The fraction of sp³-hybridized carbons (Fsp3) is 0.333. The zero-order valence-corrected chi connectivity index (χ0v) is 15.0. The molecule has 0 atom stereocenters. The number of aryl methyl sites for hydroxylation is 1. The van der Waals surface area contributed by atoms with Gasteiger partial charge in [0.2, 0.25) is 0 Å². The van der Waals surface area contributed by atoms with E-state index in [-0.39, 0.29) is 11.8 Å². The third kappa shape index (κ3) is 3.65. The molecule has 2 aromatic carbocycles. The summed E-state index contributed by atoms with van der Waals surface area (Å²) in [5.74, 6) is 0.211. The number of carbonyl (C=O) groups is 2. The van der Waals surface area contributed by atoms with Gasteiger partial charge in [0.15, 0.2) is 0 Å². The van der Waals surface area contributed by atoms with Crippen LogP contribution in [0.3, 0.4) is 0 Å². The Morgan fingerprint density at radius 3 is 2.22 bits per heavy atom. The summed E-state index contributed by atoms with van der Waals surface area (Å²) >= 11 is 0. The number of nitrogens with zero attached hydrogens (tertiary/aromatic N) is 2. The van der Waals surface area contributed by atoms with Crippen LogP contribution in [0.5, 0.6) is 5.75 Å². The summed E-state index contributed by atoms with van der Waals surface area (Å²) in [5, 5.41) is 0. The van der Waals surface area contributed by atoms with Gasteiger partial charge in [-0.15, -0.1) is 0 Å². The fourth-order valence-corrected chi connectivity index (χ4v) is 3.59. The zero-order chi connectivity index (χ0) is 18.8. The van der Waals surface area contributed by atoms with Crippen molar-refractivity contribution in [2.24, 2.45) is 0 Å². The van der Waals surface area contributed by atoms with Gasteiger partial charge >= 0.3 is 0 Å². The minimum atomic E-state index is -0.425. The molecule has 1 fully saturated rings. The van der Waals surface area contributed by atoms with E-state index in [1.54, 1.807) is 21.9 Å². The lowest BCUT2D eigenvalue weighted by Crippen LogP contribution is -2.50. The van der Waals surface area contributed by atoms with E-state index >= 15 is 0 Å². The third-order valence-corrected chi connectivity index (χ3v) is 5.08. The summed E-state index contributed by atoms with van der Waals surface area (Å²) < 4.78 is 18.9. The van der Waals surface area contributed by atoms with Gasteiger partial charge in [0.05, 0.1) is 6.61 Å². The molecule has 5 nitrogen and oxygen atoms in total. The maximum Gasteiger partial charge on any atom is 0.254 e. The van der Waals surface area contributed by atoms with Crippen molar-refractivity contribution >= 4 is 11.8 Å². The predicted molar refractivity (Wildman–Crippen MR) is 98.5 cm³/mol. The number of ether oxygens (including phenoxy) is 1. The Bertz CT molecular complexity index is 875. The highest BCUT2D eigenvalue weighted by molar-refractivity contribution is 5.96. The van der Waals surface area contributed by atoms with E-state index in [0.717, 1.165) is 30.8 Å². The Balaban J connectivity index is 1.40. The smallest absolute Gasteiger partial charge is 0.254 e. The van der Waals surface area contributed by atoms with E-state index in [0.29, 0.717) is 37.3 Å². The third-order valence-electron chi connectivity index (χ3n) is 5.08. The monoisotopic (exact) mass is 368 g/mol. The average Bonchev–Trinajstić information content (AvgIpc) is 2.72. The molecule has 6 heteroatoms. The molecule has 140 valence electrons. The molecule has 2 aliphatic heterocycles. The van der Waals surface area contributed by atoms with Crippen LogP contribution >= 0.6 is 0 Å². The van der Waals surface area contributed by atoms with Crippen molar-refractivity contribution in [3.8, 4) is 5.75 Å². The molecule has 2 heterocycles. The molecular formula is C21H21FN2O3. The number of hydrogen-bond donors (Lipinski definition) is 0. The zero-order valence-electron chi connectivity index (χ0n) is 15.0. The van der Waals surface area contributed by atoms with Crippen molar-refractivity contribution in [1.82, 2.24) is 9.80 Å². The first-order valence-corrected chi connectivity index (χ1v) is 9.22. The van der Waals surface area contributed by atoms with E-state index in [9.17, 15) is 14.0 Å². The summed E-state index contributed by atoms with van der Waals surface area (Å²) in [4.78, 5) is 28.7. The second-order valence-electron chi connectivity index (χ2n) is 6.87. The molecule has 2 aliphatic rings. The molecule has 0 N–H and O–H groups in total. The van der Waals surface area contributed by atoms with Gasteiger partial charge in [-0.2, -0.15) is 0 Å². The van der Waals surface area contributed by atoms with Crippen molar-refractivity contribution in [1.29, 1.82) is 0 Å². The van der Waals surface area contributed by atoms with Gasteiger partial charge in [-0.3, -0.25) is 9.59 Å². The van der Waals surface area contributed by atoms with Gasteiger partial charge in [-0.05, 0) is 54.8 Å². The number of benzene rings is 2. The summed E-state index contributed by atoms with van der Waals surface area (Å²) in [7, 11) is 0. The standard InChI is InChI=1S/C21H21FN2O3/c22-18-5-1-3-16(14-18)20(25)23-8-10-24(11-9-23)21(26)17-6-7-19-15(13-17)4-2-12-27-19/h1,3,5-7,13-14H,2,4,8-12H2. The van der Waals surface area contributed by atoms with Gasteiger partial charge in [0, 0.05) is 37.3 Å². The Morgan fingerprint density at radius 2 is 1.56 bits per heavy atom. The van der Waals surface area contributed by atoms with Gasteiger partial charge in [0.1, 0.15) is 11.6 Å². The molecule has 27 heavy (non-hydrogen) atoms. The van der Waals surface area contributed by atoms with Crippen LogP contribution in [0.25, 0.3) is 0 Å². The van der Waals surface area contributed by atoms with Crippen molar-refractivity contribution in [3.63, 3.8) is 0 Å². The SMILES string of the molecule is O=C(c1cccc(F)c1)N1CCN(C(=O)c2ccc3c(c2)CCCO3)CC1. The molecule has 0 unspecified atom stereocenters. The number of rotatable bonds is 2. The number of fused-ring (bicyclic) bond motifs is 1. The lowest BCUT2D eigenvalue weighted by atomic mass is 10.0. The van der Waals surface area contributed by atoms with Crippen LogP contribution in [0, 0.1) is 5.82 Å². The molecule has 0 aliphatic carbocycles. The van der Waals surface area contributed by atoms with Crippen molar-refractivity contribution < 1.29 is 18.7 Å². The molecule has 2 aromatic rings.